The lowest BCUT2D eigenvalue weighted by Crippen LogP contribution is -2.33. The number of aromatic nitrogens is 1. The molecule has 0 fully saturated rings. The summed E-state index contributed by atoms with van der Waals surface area (Å²) in [5.74, 6) is 0.560. The zero-order valence-electron chi connectivity index (χ0n) is 14.1. The van der Waals surface area contributed by atoms with E-state index in [4.69, 9.17) is 0 Å². The summed E-state index contributed by atoms with van der Waals surface area (Å²) in [6, 6.07) is 0.139. The van der Waals surface area contributed by atoms with Gasteiger partial charge in [0.25, 0.3) is 5.91 Å². The molecule has 0 radical (unpaired) electrons. The lowest BCUT2D eigenvalue weighted by Gasteiger charge is -2.14. The van der Waals surface area contributed by atoms with Gasteiger partial charge in [0.2, 0.25) is 0 Å². The molecule has 1 atom stereocenters. The maximum absolute atomic E-state index is 12.3. The van der Waals surface area contributed by atoms with E-state index in [1.807, 2.05) is 20.8 Å². The molecule has 1 heterocycles. The number of amides is 1. The van der Waals surface area contributed by atoms with Crippen LogP contribution in [-0.4, -0.2) is 22.7 Å². The van der Waals surface area contributed by atoms with Crippen LogP contribution in [0.5, 0.6) is 0 Å². The zero-order chi connectivity index (χ0) is 16.2. The van der Waals surface area contributed by atoms with Crippen LogP contribution in [0.4, 0.5) is 0 Å². The Labute approximate surface area is 127 Å². The highest BCUT2D eigenvalue weighted by molar-refractivity contribution is 6.02. The maximum Gasteiger partial charge on any atom is 0.268 e. The number of Topliss-reactive ketones (excluding diaryl/α,β-unsaturated/α-hetero) is 1. The third-order valence-corrected chi connectivity index (χ3v) is 3.81. The summed E-state index contributed by atoms with van der Waals surface area (Å²) < 4.78 is 0. The van der Waals surface area contributed by atoms with Crippen molar-refractivity contribution in [3.8, 4) is 0 Å². The minimum absolute atomic E-state index is 0.00900. The van der Waals surface area contributed by atoms with E-state index in [1.165, 1.54) is 13.3 Å². The van der Waals surface area contributed by atoms with Crippen LogP contribution in [0.15, 0.2) is 0 Å². The Morgan fingerprint density at radius 1 is 1.14 bits per heavy atom. The van der Waals surface area contributed by atoms with Crippen LogP contribution < -0.4 is 5.32 Å². The molecule has 118 valence electrons. The average Bonchev–Trinajstić information content (AvgIpc) is 2.64. The molecule has 1 aromatic rings. The predicted molar refractivity (Wildman–Crippen MR) is 85.9 cm³/mol. The number of hydrogen-bond donors (Lipinski definition) is 2. The maximum atomic E-state index is 12.3. The van der Waals surface area contributed by atoms with Gasteiger partial charge in [0, 0.05) is 17.3 Å². The highest BCUT2D eigenvalue weighted by atomic mass is 16.2. The van der Waals surface area contributed by atoms with Crippen LogP contribution in [0.3, 0.4) is 0 Å². The smallest absolute Gasteiger partial charge is 0.268 e. The number of H-pyrrole nitrogens is 1. The largest absolute Gasteiger partial charge is 0.354 e. The fourth-order valence-electron chi connectivity index (χ4n) is 2.71. The normalized spacial score (nSPS) is 12.5. The van der Waals surface area contributed by atoms with Gasteiger partial charge >= 0.3 is 0 Å². The topological polar surface area (TPSA) is 62.0 Å². The average molecular weight is 292 g/mol. The monoisotopic (exact) mass is 292 g/mol. The molecule has 4 nitrogen and oxygen atoms in total. The Bertz CT molecular complexity index is 515. The van der Waals surface area contributed by atoms with Crippen molar-refractivity contribution >= 4 is 11.7 Å². The van der Waals surface area contributed by atoms with Crippen molar-refractivity contribution in [1.82, 2.24) is 10.3 Å². The van der Waals surface area contributed by atoms with Crippen LogP contribution in [-0.2, 0) is 0 Å². The van der Waals surface area contributed by atoms with Crippen molar-refractivity contribution in [1.29, 1.82) is 0 Å². The lowest BCUT2D eigenvalue weighted by atomic mass is 10.0. The molecule has 1 unspecified atom stereocenters. The summed E-state index contributed by atoms with van der Waals surface area (Å²) in [6.45, 7) is 11.6. The van der Waals surface area contributed by atoms with E-state index in [0.29, 0.717) is 17.2 Å². The predicted octanol–water partition coefficient (Wildman–Crippen LogP) is 3.78. The molecule has 0 aliphatic heterocycles. The van der Waals surface area contributed by atoms with Crippen molar-refractivity contribution in [3.05, 3.63) is 22.5 Å². The quantitative estimate of drug-likeness (QED) is 0.751. The van der Waals surface area contributed by atoms with E-state index in [0.717, 1.165) is 24.1 Å². The van der Waals surface area contributed by atoms with Gasteiger partial charge in [-0.2, -0.15) is 0 Å². The van der Waals surface area contributed by atoms with Gasteiger partial charge in [-0.05, 0) is 45.6 Å². The summed E-state index contributed by atoms with van der Waals surface area (Å²) in [5.41, 5.74) is 2.64. The molecule has 1 rings (SSSR count). The van der Waals surface area contributed by atoms with Gasteiger partial charge in [0.1, 0.15) is 5.69 Å². The van der Waals surface area contributed by atoms with Gasteiger partial charge in [-0.15, -0.1) is 0 Å². The first kappa shape index (κ1) is 17.5. The molecule has 21 heavy (non-hydrogen) atoms. The molecular formula is C17H28N2O2. The molecular weight excluding hydrogens is 264 g/mol. The van der Waals surface area contributed by atoms with E-state index in [-0.39, 0.29) is 17.7 Å². The highest BCUT2D eigenvalue weighted by Crippen LogP contribution is 2.18. The second-order valence-corrected chi connectivity index (χ2v) is 6.38. The fourth-order valence-corrected chi connectivity index (χ4v) is 2.71. The third kappa shape index (κ3) is 4.73. The summed E-state index contributed by atoms with van der Waals surface area (Å²) in [4.78, 5) is 26.9. The van der Waals surface area contributed by atoms with Crippen molar-refractivity contribution < 1.29 is 9.59 Å². The van der Waals surface area contributed by atoms with Crippen LogP contribution in [0, 0.1) is 19.8 Å². The number of rotatable bonds is 7. The summed E-state index contributed by atoms with van der Waals surface area (Å²) in [7, 11) is 0. The SMILES string of the molecule is CC(=O)c1c(C)[nH]c(C(=O)NC(C)CCCC(C)C)c1C. The van der Waals surface area contributed by atoms with E-state index in [9.17, 15) is 9.59 Å². The van der Waals surface area contributed by atoms with Crippen LogP contribution >= 0.6 is 0 Å². The van der Waals surface area contributed by atoms with Crippen molar-refractivity contribution in [2.24, 2.45) is 5.92 Å². The Kier molecular flexibility index (Phi) is 6.19. The first-order valence-electron chi connectivity index (χ1n) is 7.75. The molecule has 0 bridgehead atoms. The van der Waals surface area contributed by atoms with Gasteiger partial charge in [-0.25, -0.2) is 0 Å². The first-order valence-corrected chi connectivity index (χ1v) is 7.75. The van der Waals surface area contributed by atoms with Crippen molar-refractivity contribution in [3.63, 3.8) is 0 Å². The minimum Gasteiger partial charge on any atom is -0.354 e. The van der Waals surface area contributed by atoms with Gasteiger partial charge in [0.05, 0.1) is 0 Å². The van der Waals surface area contributed by atoms with Crippen LogP contribution in [0.2, 0.25) is 0 Å². The number of carbonyl (C=O) groups excluding carboxylic acids is 2. The molecule has 1 aromatic heterocycles. The Morgan fingerprint density at radius 3 is 2.24 bits per heavy atom. The first-order chi connectivity index (χ1) is 9.73. The molecule has 4 heteroatoms. The van der Waals surface area contributed by atoms with E-state index in [2.05, 4.69) is 24.1 Å². The van der Waals surface area contributed by atoms with Gasteiger partial charge in [0.15, 0.2) is 5.78 Å². The number of nitrogens with one attached hydrogen (secondary N) is 2. The Balaban J connectivity index is 2.68. The van der Waals surface area contributed by atoms with E-state index >= 15 is 0 Å². The molecule has 0 saturated carbocycles. The van der Waals surface area contributed by atoms with E-state index < -0.39 is 0 Å². The molecule has 0 spiro atoms. The lowest BCUT2D eigenvalue weighted by molar-refractivity contribution is 0.0932. The number of aryl methyl sites for hydroxylation is 1. The molecule has 0 aromatic carbocycles. The van der Waals surface area contributed by atoms with Crippen LogP contribution in [0.25, 0.3) is 0 Å². The standard InChI is InChI=1S/C17H28N2O2/c1-10(2)8-7-9-11(3)18-17(21)16-12(4)15(14(6)20)13(5)19-16/h10-11,19H,7-9H2,1-6H3,(H,18,21). The van der Waals surface area contributed by atoms with Gasteiger partial charge in [-0.3, -0.25) is 9.59 Å². The second kappa shape index (κ2) is 7.43. The summed E-state index contributed by atoms with van der Waals surface area (Å²) in [6.07, 6.45) is 3.26. The summed E-state index contributed by atoms with van der Waals surface area (Å²) in [5, 5.41) is 3.01. The minimum atomic E-state index is -0.125. The number of carbonyl (C=O) groups is 2. The van der Waals surface area contributed by atoms with E-state index in [1.54, 1.807) is 0 Å². The highest BCUT2D eigenvalue weighted by Gasteiger charge is 2.20. The Morgan fingerprint density at radius 2 is 1.76 bits per heavy atom. The number of aromatic amines is 1. The number of hydrogen-bond acceptors (Lipinski definition) is 2. The third-order valence-electron chi connectivity index (χ3n) is 3.81. The number of ketones is 1. The van der Waals surface area contributed by atoms with Gasteiger partial charge < -0.3 is 10.3 Å². The molecule has 0 aliphatic rings. The van der Waals surface area contributed by atoms with Gasteiger partial charge in [-0.1, -0.05) is 26.7 Å². The molecule has 0 saturated heterocycles. The van der Waals surface area contributed by atoms with Crippen LogP contribution in [0.1, 0.15) is 79.1 Å². The molecule has 1 amide bonds. The second-order valence-electron chi connectivity index (χ2n) is 6.38. The van der Waals surface area contributed by atoms with Crippen molar-refractivity contribution in [2.75, 3.05) is 0 Å². The molecule has 2 N–H and O–H groups in total. The fraction of sp³-hybridized carbons (Fsp3) is 0.647. The summed E-state index contributed by atoms with van der Waals surface area (Å²) >= 11 is 0. The zero-order valence-corrected chi connectivity index (χ0v) is 14.1. The Hall–Kier alpha value is -1.58. The van der Waals surface area contributed by atoms with Crippen molar-refractivity contribution in [2.45, 2.75) is 66.8 Å². The molecule has 0 aliphatic carbocycles.